The number of aromatic nitrogens is 1. The Hall–Kier alpha value is -2.08. The Labute approximate surface area is 152 Å². The van der Waals surface area contributed by atoms with Gasteiger partial charge in [0.1, 0.15) is 6.54 Å². The smallest absolute Gasteiger partial charge is 0.408 e. The normalized spacial score (nSPS) is 22.0. The summed E-state index contributed by atoms with van der Waals surface area (Å²) in [5.74, 6) is 0.200. The number of ether oxygens (including phenoxy) is 1. The van der Waals surface area contributed by atoms with Crippen LogP contribution in [0.2, 0.25) is 0 Å². The summed E-state index contributed by atoms with van der Waals surface area (Å²) in [5.41, 5.74) is 1.18. The van der Waals surface area contributed by atoms with Crippen molar-refractivity contribution in [3.8, 4) is 0 Å². The van der Waals surface area contributed by atoms with E-state index in [4.69, 9.17) is 9.15 Å². The zero-order valence-electron chi connectivity index (χ0n) is 15.1. The molecule has 2 aliphatic rings. The van der Waals surface area contributed by atoms with Crippen LogP contribution < -0.4 is 5.76 Å². The van der Waals surface area contributed by atoms with Crippen molar-refractivity contribution in [1.29, 1.82) is 0 Å². The molecule has 1 aliphatic carbocycles. The molecular formula is C20H26N2O4. The molecule has 2 heterocycles. The van der Waals surface area contributed by atoms with Gasteiger partial charge in [-0.25, -0.2) is 4.79 Å². The topological polar surface area (TPSA) is 64.7 Å². The van der Waals surface area contributed by atoms with Crippen LogP contribution >= 0.6 is 0 Å². The lowest BCUT2D eigenvalue weighted by atomic mass is 9.85. The second kappa shape index (κ2) is 7.66. The molecule has 1 saturated heterocycles. The Bertz CT molecular complexity index is 819. The molecule has 26 heavy (non-hydrogen) atoms. The van der Waals surface area contributed by atoms with Crippen LogP contribution in [0.1, 0.15) is 38.5 Å². The van der Waals surface area contributed by atoms with Gasteiger partial charge in [-0.1, -0.05) is 44.2 Å². The molecule has 1 amide bonds. The minimum absolute atomic E-state index is 0.0198. The van der Waals surface area contributed by atoms with Crippen LogP contribution in [0.5, 0.6) is 0 Å². The number of benzene rings is 1. The first-order valence-electron chi connectivity index (χ1n) is 9.68. The average Bonchev–Trinajstić information content (AvgIpc) is 2.98. The summed E-state index contributed by atoms with van der Waals surface area (Å²) < 4.78 is 12.6. The highest BCUT2D eigenvalue weighted by Crippen LogP contribution is 2.29. The third-order valence-electron chi connectivity index (χ3n) is 5.68. The van der Waals surface area contributed by atoms with E-state index in [1.54, 1.807) is 12.1 Å². The van der Waals surface area contributed by atoms with Crippen molar-refractivity contribution >= 4 is 17.0 Å². The van der Waals surface area contributed by atoms with Gasteiger partial charge in [-0.05, 0) is 24.5 Å². The van der Waals surface area contributed by atoms with Crippen LogP contribution in [0.25, 0.3) is 11.1 Å². The fraction of sp³-hybridized carbons (Fsp3) is 0.600. The number of amides is 1. The molecule has 2 fully saturated rings. The number of fused-ring (bicyclic) bond motifs is 1. The van der Waals surface area contributed by atoms with Gasteiger partial charge in [0.15, 0.2) is 5.58 Å². The minimum atomic E-state index is -0.480. The molecule has 0 spiro atoms. The lowest BCUT2D eigenvalue weighted by Gasteiger charge is -2.35. The number of carbonyl (C=O) groups is 1. The first-order chi connectivity index (χ1) is 12.7. The predicted molar refractivity (Wildman–Crippen MR) is 98.0 cm³/mol. The zero-order chi connectivity index (χ0) is 17.9. The van der Waals surface area contributed by atoms with E-state index in [0.717, 1.165) is 12.3 Å². The van der Waals surface area contributed by atoms with E-state index < -0.39 is 5.76 Å². The molecule has 140 valence electrons. The molecule has 6 heteroatoms. The van der Waals surface area contributed by atoms with Crippen LogP contribution in [-0.4, -0.2) is 41.2 Å². The molecule has 0 unspecified atom stereocenters. The predicted octanol–water partition coefficient (Wildman–Crippen LogP) is 2.79. The summed E-state index contributed by atoms with van der Waals surface area (Å²) >= 11 is 0. The zero-order valence-corrected chi connectivity index (χ0v) is 15.1. The molecule has 0 N–H and O–H groups in total. The fourth-order valence-electron chi connectivity index (χ4n) is 4.28. The maximum Gasteiger partial charge on any atom is 0.420 e. The Morgan fingerprint density at radius 1 is 1.15 bits per heavy atom. The summed E-state index contributed by atoms with van der Waals surface area (Å²) in [6.07, 6.45) is 7.70. The van der Waals surface area contributed by atoms with Crippen LogP contribution in [-0.2, 0) is 16.1 Å². The molecule has 6 nitrogen and oxygen atoms in total. The Morgan fingerprint density at radius 3 is 2.81 bits per heavy atom. The second-order valence-electron chi connectivity index (χ2n) is 7.49. The monoisotopic (exact) mass is 358 g/mol. The van der Waals surface area contributed by atoms with E-state index >= 15 is 0 Å². The van der Waals surface area contributed by atoms with Crippen LogP contribution in [0.3, 0.4) is 0 Å². The van der Waals surface area contributed by atoms with Gasteiger partial charge in [-0.3, -0.25) is 9.36 Å². The maximum atomic E-state index is 12.8. The Balaban J connectivity index is 1.40. The Morgan fingerprint density at radius 2 is 1.96 bits per heavy atom. The number of oxazole rings is 1. The quantitative estimate of drug-likeness (QED) is 0.843. The highest BCUT2D eigenvalue weighted by molar-refractivity contribution is 5.79. The van der Waals surface area contributed by atoms with Crippen molar-refractivity contribution in [3.05, 3.63) is 34.8 Å². The first-order valence-corrected chi connectivity index (χ1v) is 9.68. The van der Waals surface area contributed by atoms with Gasteiger partial charge in [-0.15, -0.1) is 0 Å². The first kappa shape index (κ1) is 17.3. The van der Waals surface area contributed by atoms with Gasteiger partial charge in [0, 0.05) is 13.1 Å². The van der Waals surface area contributed by atoms with E-state index in [9.17, 15) is 9.59 Å². The van der Waals surface area contributed by atoms with E-state index in [0.29, 0.717) is 30.8 Å². The summed E-state index contributed by atoms with van der Waals surface area (Å²) in [6.45, 7) is 1.81. The van der Waals surface area contributed by atoms with E-state index in [1.165, 1.54) is 36.7 Å². The van der Waals surface area contributed by atoms with E-state index in [2.05, 4.69) is 0 Å². The number of hydrogen-bond donors (Lipinski definition) is 0. The molecule has 1 saturated carbocycles. The summed E-state index contributed by atoms with van der Waals surface area (Å²) in [4.78, 5) is 26.7. The molecule has 2 aromatic rings. The third kappa shape index (κ3) is 3.70. The standard InChI is InChI=1S/C20H26N2O4/c23-19(14-22-17-8-4-5-9-18(17)26-20(22)24)21-10-11-25-16(13-21)12-15-6-2-1-3-7-15/h4-5,8-9,15-16H,1-3,6-7,10-14H2/t16-/m1/s1. The fourth-order valence-corrected chi connectivity index (χ4v) is 4.28. The third-order valence-corrected chi connectivity index (χ3v) is 5.68. The summed E-state index contributed by atoms with van der Waals surface area (Å²) in [5, 5.41) is 0. The van der Waals surface area contributed by atoms with Crippen molar-refractivity contribution in [2.24, 2.45) is 5.92 Å². The largest absolute Gasteiger partial charge is 0.420 e. The molecule has 1 aromatic heterocycles. The molecule has 1 atom stereocenters. The molecule has 0 radical (unpaired) electrons. The minimum Gasteiger partial charge on any atom is -0.408 e. The van der Waals surface area contributed by atoms with Gasteiger partial charge in [0.25, 0.3) is 0 Å². The van der Waals surface area contributed by atoms with Gasteiger partial charge >= 0.3 is 5.76 Å². The molecule has 0 bridgehead atoms. The van der Waals surface area contributed by atoms with Crippen molar-refractivity contribution in [3.63, 3.8) is 0 Å². The highest BCUT2D eigenvalue weighted by atomic mass is 16.5. The van der Waals surface area contributed by atoms with Crippen LogP contribution in [0, 0.1) is 5.92 Å². The van der Waals surface area contributed by atoms with Crippen LogP contribution in [0.4, 0.5) is 0 Å². The van der Waals surface area contributed by atoms with Crippen molar-refractivity contribution in [2.45, 2.75) is 51.2 Å². The molecule has 1 aliphatic heterocycles. The summed E-state index contributed by atoms with van der Waals surface area (Å²) in [7, 11) is 0. The SMILES string of the molecule is O=C(Cn1c(=O)oc2ccccc21)N1CCO[C@H](CC2CCCCC2)C1. The number of morpholine rings is 1. The number of para-hydroxylation sites is 2. The van der Waals surface area contributed by atoms with Gasteiger partial charge in [0.05, 0.1) is 18.2 Å². The highest BCUT2D eigenvalue weighted by Gasteiger charge is 2.28. The lowest BCUT2D eigenvalue weighted by Crippen LogP contribution is -2.47. The molecule has 1 aromatic carbocycles. The van der Waals surface area contributed by atoms with E-state index in [1.807, 2.05) is 17.0 Å². The summed E-state index contributed by atoms with van der Waals surface area (Å²) in [6, 6.07) is 7.20. The Kier molecular flexibility index (Phi) is 5.11. The average molecular weight is 358 g/mol. The van der Waals surface area contributed by atoms with Crippen molar-refractivity contribution in [2.75, 3.05) is 19.7 Å². The van der Waals surface area contributed by atoms with Gasteiger partial charge in [-0.2, -0.15) is 0 Å². The second-order valence-corrected chi connectivity index (χ2v) is 7.49. The van der Waals surface area contributed by atoms with Crippen molar-refractivity contribution < 1.29 is 13.9 Å². The van der Waals surface area contributed by atoms with Crippen LogP contribution in [0.15, 0.2) is 33.5 Å². The number of carbonyl (C=O) groups excluding carboxylic acids is 1. The lowest BCUT2D eigenvalue weighted by molar-refractivity contribution is -0.140. The maximum absolute atomic E-state index is 12.8. The van der Waals surface area contributed by atoms with Gasteiger partial charge in [0.2, 0.25) is 5.91 Å². The molecule has 4 rings (SSSR count). The molecular weight excluding hydrogens is 332 g/mol. The number of nitrogens with zero attached hydrogens (tertiary/aromatic N) is 2. The van der Waals surface area contributed by atoms with E-state index in [-0.39, 0.29) is 18.6 Å². The number of hydrogen-bond acceptors (Lipinski definition) is 4. The number of rotatable bonds is 4. The van der Waals surface area contributed by atoms with Gasteiger partial charge < -0.3 is 14.1 Å². The van der Waals surface area contributed by atoms with Crippen molar-refractivity contribution in [1.82, 2.24) is 9.47 Å².